The minimum atomic E-state index is 0.131. The van der Waals surface area contributed by atoms with Crippen LogP contribution in [-0.4, -0.2) is 34.5 Å². The Morgan fingerprint density at radius 3 is 2.55 bits per heavy atom. The maximum atomic E-state index is 9.64. The minimum absolute atomic E-state index is 0.131. The number of aliphatic hydroxyl groups excluding tert-OH is 1. The van der Waals surface area contributed by atoms with Crippen LogP contribution in [0.25, 0.3) is 0 Å². The molecule has 5 heteroatoms. The maximum absolute atomic E-state index is 9.64. The first-order valence-corrected chi connectivity index (χ1v) is 7.62. The van der Waals surface area contributed by atoms with Gasteiger partial charge in [0.15, 0.2) is 5.82 Å². The first-order valence-electron chi connectivity index (χ1n) is 7.62. The fourth-order valence-electron chi connectivity index (χ4n) is 3.23. The van der Waals surface area contributed by atoms with Gasteiger partial charge in [0.05, 0.1) is 18.3 Å². The zero-order valence-electron chi connectivity index (χ0n) is 12.8. The van der Waals surface area contributed by atoms with Gasteiger partial charge < -0.3 is 15.7 Å². The SMILES string of the molecule is CCc1nnc(N2CCC(C)C2CO)c(CN)c1CC. The van der Waals surface area contributed by atoms with E-state index in [1.807, 2.05) is 0 Å². The number of aryl methyl sites for hydroxylation is 1. The summed E-state index contributed by atoms with van der Waals surface area (Å²) in [6.07, 6.45) is 2.88. The van der Waals surface area contributed by atoms with E-state index in [-0.39, 0.29) is 12.6 Å². The molecule has 1 aromatic heterocycles. The van der Waals surface area contributed by atoms with Gasteiger partial charge in [-0.05, 0) is 30.7 Å². The van der Waals surface area contributed by atoms with Gasteiger partial charge in [-0.1, -0.05) is 20.8 Å². The van der Waals surface area contributed by atoms with Crippen LogP contribution in [0.15, 0.2) is 0 Å². The van der Waals surface area contributed by atoms with Gasteiger partial charge in [-0.2, -0.15) is 5.10 Å². The van der Waals surface area contributed by atoms with Gasteiger partial charge in [-0.3, -0.25) is 0 Å². The van der Waals surface area contributed by atoms with Gasteiger partial charge in [0.2, 0.25) is 0 Å². The maximum Gasteiger partial charge on any atom is 0.156 e. The summed E-state index contributed by atoms with van der Waals surface area (Å²) in [6.45, 7) is 7.96. The number of aliphatic hydroxyl groups is 1. The van der Waals surface area contributed by atoms with Crippen LogP contribution in [0.3, 0.4) is 0 Å². The van der Waals surface area contributed by atoms with Gasteiger partial charge >= 0.3 is 0 Å². The van der Waals surface area contributed by atoms with E-state index < -0.39 is 0 Å². The predicted molar refractivity (Wildman–Crippen MR) is 80.7 cm³/mol. The molecular weight excluding hydrogens is 252 g/mol. The van der Waals surface area contributed by atoms with Crippen molar-refractivity contribution in [2.24, 2.45) is 11.7 Å². The lowest BCUT2D eigenvalue weighted by Crippen LogP contribution is -2.37. The zero-order valence-corrected chi connectivity index (χ0v) is 12.8. The molecule has 0 saturated carbocycles. The molecule has 2 atom stereocenters. The average Bonchev–Trinajstić information content (AvgIpc) is 2.85. The van der Waals surface area contributed by atoms with Crippen LogP contribution in [-0.2, 0) is 19.4 Å². The third-order valence-corrected chi connectivity index (χ3v) is 4.48. The van der Waals surface area contributed by atoms with Gasteiger partial charge in [0.25, 0.3) is 0 Å². The van der Waals surface area contributed by atoms with Crippen molar-refractivity contribution in [2.45, 2.75) is 52.6 Å². The smallest absolute Gasteiger partial charge is 0.156 e. The Hall–Kier alpha value is -1.20. The highest BCUT2D eigenvalue weighted by molar-refractivity contribution is 5.53. The summed E-state index contributed by atoms with van der Waals surface area (Å²) in [6, 6.07) is 0.131. The van der Waals surface area contributed by atoms with E-state index in [0.29, 0.717) is 12.5 Å². The molecule has 1 fully saturated rings. The van der Waals surface area contributed by atoms with Crippen molar-refractivity contribution in [2.75, 3.05) is 18.1 Å². The van der Waals surface area contributed by atoms with Crippen molar-refractivity contribution in [3.8, 4) is 0 Å². The van der Waals surface area contributed by atoms with Crippen LogP contribution in [0.5, 0.6) is 0 Å². The third-order valence-electron chi connectivity index (χ3n) is 4.48. The van der Waals surface area contributed by atoms with Gasteiger partial charge in [0.1, 0.15) is 0 Å². The molecule has 0 spiro atoms. The molecule has 0 bridgehead atoms. The number of hydrogen-bond donors (Lipinski definition) is 2. The number of anilines is 1. The Morgan fingerprint density at radius 2 is 2.00 bits per heavy atom. The van der Waals surface area contributed by atoms with Gasteiger partial charge in [-0.15, -0.1) is 5.10 Å². The molecule has 1 aromatic rings. The van der Waals surface area contributed by atoms with Crippen molar-refractivity contribution in [3.63, 3.8) is 0 Å². The van der Waals surface area contributed by atoms with Gasteiger partial charge in [0, 0.05) is 18.7 Å². The second kappa shape index (κ2) is 6.50. The number of nitrogens with two attached hydrogens (primary N) is 1. The van der Waals surface area contributed by atoms with E-state index >= 15 is 0 Å². The van der Waals surface area contributed by atoms with Crippen LogP contribution in [0.4, 0.5) is 5.82 Å². The predicted octanol–water partition coefficient (Wildman–Crippen LogP) is 1.27. The highest BCUT2D eigenvalue weighted by atomic mass is 16.3. The van der Waals surface area contributed by atoms with Crippen LogP contribution >= 0.6 is 0 Å². The fourth-order valence-corrected chi connectivity index (χ4v) is 3.23. The molecule has 5 nitrogen and oxygen atoms in total. The Bertz CT molecular complexity index is 463. The molecule has 2 unspecified atom stereocenters. The number of hydrogen-bond acceptors (Lipinski definition) is 5. The Morgan fingerprint density at radius 1 is 1.25 bits per heavy atom. The summed E-state index contributed by atoms with van der Waals surface area (Å²) in [5, 5.41) is 18.5. The van der Waals surface area contributed by atoms with Crippen molar-refractivity contribution < 1.29 is 5.11 Å². The Balaban J connectivity index is 2.46. The second-order valence-corrected chi connectivity index (χ2v) is 5.55. The van der Waals surface area contributed by atoms with E-state index in [2.05, 4.69) is 35.9 Å². The zero-order chi connectivity index (χ0) is 14.7. The minimum Gasteiger partial charge on any atom is -0.394 e. The molecule has 1 saturated heterocycles. The second-order valence-electron chi connectivity index (χ2n) is 5.55. The first-order chi connectivity index (χ1) is 9.67. The Labute approximate surface area is 121 Å². The number of nitrogens with zero attached hydrogens (tertiary/aromatic N) is 3. The van der Waals surface area contributed by atoms with Crippen molar-refractivity contribution >= 4 is 5.82 Å². The molecule has 20 heavy (non-hydrogen) atoms. The quantitative estimate of drug-likeness (QED) is 0.848. The summed E-state index contributed by atoms with van der Waals surface area (Å²) in [4.78, 5) is 2.19. The summed E-state index contributed by atoms with van der Waals surface area (Å²) in [5.74, 6) is 1.35. The van der Waals surface area contributed by atoms with Gasteiger partial charge in [-0.25, -0.2) is 0 Å². The van der Waals surface area contributed by atoms with E-state index in [4.69, 9.17) is 5.73 Å². The molecular formula is C15H26N4O. The molecule has 2 heterocycles. The first kappa shape index (κ1) is 15.2. The lowest BCUT2D eigenvalue weighted by molar-refractivity contribution is 0.244. The molecule has 3 N–H and O–H groups in total. The largest absolute Gasteiger partial charge is 0.394 e. The van der Waals surface area contributed by atoms with Crippen LogP contribution in [0, 0.1) is 5.92 Å². The summed E-state index contributed by atoms with van der Waals surface area (Å²) >= 11 is 0. The summed E-state index contributed by atoms with van der Waals surface area (Å²) in [5.41, 5.74) is 9.36. The van der Waals surface area contributed by atoms with Crippen LogP contribution in [0.1, 0.15) is 44.0 Å². The van der Waals surface area contributed by atoms with Crippen LogP contribution in [0.2, 0.25) is 0 Å². The Kier molecular flexibility index (Phi) is 4.94. The molecule has 2 rings (SSSR count). The molecule has 112 valence electrons. The molecule has 0 aliphatic carbocycles. The highest BCUT2D eigenvalue weighted by Crippen LogP contribution is 2.32. The van der Waals surface area contributed by atoms with E-state index in [0.717, 1.165) is 42.9 Å². The fraction of sp³-hybridized carbons (Fsp3) is 0.733. The van der Waals surface area contributed by atoms with Crippen molar-refractivity contribution in [3.05, 3.63) is 16.8 Å². The van der Waals surface area contributed by atoms with E-state index in [1.54, 1.807) is 0 Å². The lowest BCUT2D eigenvalue weighted by Gasteiger charge is -2.28. The number of aromatic nitrogens is 2. The monoisotopic (exact) mass is 278 g/mol. The highest BCUT2D eigenvalue weighted by Gasteiger charge is 2.33. The van der Waals surface area contributed by atoms with Crippen LogP contribution < -0.4 is 10.6 Å². The third kappa shape index (κ3) is 2.52. The van der Waals surface area contributed by atoms with E-state index in [1.165, 1.54) is 5.56 Å². The molecule has 1 aliphatic rings. The van der Waals surface area contributed by atoms with Crippen molar-refractivity contribution in [1.29, 1.82) is 0 Å². The summed E-state index contributed by atoms with van der Waals surface area (Å²) < 4.78 is 0. The molecule has 1 aliphatic heterocycles. The summed E-state index contributed by atoms with van der Waals surface area (Å²) in [7, 11) is 0. The van der Waals surface area contributed by atoms with Crippen molar-refractivity contribution in [1.82, 2.24) is 10.2 Å². The number of rotatable bonds is 5. The average molecular weight is 278 g/mol. The molecule has 0 amide bonds. The molecule has 0 radical (unpaired) electrons. The standard InChI is InChI=1S/C15H26N4O/c1-4-11-12(8-16)15(18-17-13(11)5-2)19-7-6-10(3)14(19)9-20/h10,14,20H,4-9,16H2,1-3H3. The lowest BCUT2D eigenvalue weighted by atomic mass is 10.0. The van der Waals surface area contributed by atoms with E-state index in [9.17, 15) is 5.11 Å². The topological polar surface area (TPSA) is 75.3 Å². The molecule has 0 aromatic carbocycles. The normalized spacial score (nSPS) is 22.6.